The Balaban J connectivity index is 2.29. The van der Waals surface area contributed by atoms with Crippen LogP contribution in [0.3, 0.4) is 0 Å². The normalized spacial score (nSPS) is 18.0. The molecule has 1 aromatic carbocycles. The summed E-state index contributed by atoms with van der Waals surface area (Å²) >= 11 is 0. The molecule has 1 atom stereocenters. The first kappa shape index (κ1) is 14.0. The third-order valence-electron chi connectivity index (χ3n) is 3.55. The van der Waals surface area contributed by atoms with Crippen molar-refractivity contribution < 1.29 is 9.13 Å². The van der Waals surface area contributed by atoms with E-state index in [0.717, 1.165) is 32.6 Å². The Hall–Kier alpha value is -1.39. The molecule has 3 nitrogen and oxygen atoms in total. The zero-order chi connectivity index (χ0) is 13.7. The molecule has 1 aliphatic heterocycles. The lowest BCUT2D eigenvalue weighted by molar-refractivity contribution is 0.170. The Morgan fingerprint density at radius 3 is 2.84 bits per heavy atom. The Morgan fingerprint density at radius 2 is 2.21 bits per heavy atom. The summed E-state index contributed by atoms with van der Waals surface area (Å²) in [5, 5.41) is 3.31. The highest BCUT2D eigenvalue weighted by Gasteiger charge is 2.24. The summed E-state index contributed by atoms with van der Waals surface area (Å²) in [5.74, 6) is 0.0529. The van der Waals surface area contributed by atoms with E-state index in [-0.39, 0.29) is 11.9 Å². The minimum atomic E-state index is -0.254. The van der Waals surface area contributed by atoms with Crippen LogP contribution < -0.4 is 10.1 Å². The van der Waals surface area contributed by atoms with Crippen molar-refractivity contribution >= 4 is 0 Å². The second-order valence-corrected chi connectivity index (χ2v) is 4.69. The number of methoxy groups -OCH3 is 1. The lowest BCUT2D eigenvalue weighted by Crippen LogP contribution is -2.45. The topological polar surface area (TPSA) is 24.5 Å². The van der Waals surface area contributed by atoms with Gasteiger partial charge in [-0.1, -0.05) is 18.2 Å². The molecule has 0 aromatic heterocycles. The van der Waals surface area contributed by atoms with Crippen LogP contribution in [-0.4, -0.2) is 38.2 Å². The number of rotatable bonds is 5. The number of halogens is 1. The molecule has 0 aliphatic carbocycles. The summed E-state index contributed by atoms with van der Waals surface area (Å²) in [6.45, 7) is 7.54. The molecule has 1 aliphatic rings. The van der Waals surface area contributed by atoms with Crippen molar-refractivity contribution in [1.29, 1.82) is 0 Å². The maximum atomic E-state index is 14.4. The molecule has 1 N–H and O–H groups in total. The second-order valence-electron chi connectivity index (χ2n) is 4.69. The average Bonchev–Trinajstić information content (AvgIpc) is 2.46. The molecule has 1 saturated heterocycles. The van der Waals surface area contributed by atoms with E-state index >= 15 is 0 Å². The van der Waals surface area contributed by atoms with E-state index in [0.29, 0.717) is 11.3 Å². The van der Waals surface area contributed by atoms with Crippen molar-refractivity contribution in [3.8, 4) is 5.75 Å². The first-order chi connectivity index (χ1) is 9.27. The number of benzene rings is 1. The molecule has 1 fully saturated rings. The summed E-state index contributed by atoms with van der Waals surface area (Å²) in [6.07, 6.45) is 2.59. The fourth-order valence-corrected chi connectivity index (χ4v) is 2.57. The molecular formula is C15H21FN2O. The van der Waals surface area contributed by atoms with Crippen LogP contribution in [0.2, 0.25) is 0 Å². The van der Waals surface area contributed by atoms with Gasteiger partial charge in [0.05, 0.1) is 7.11 Å². The molecule has 0 bridgehead atoms. The van der Waals surface area contributed by atoms with Crippen LogP contribution in [0.15, 0.2) is 30.9 Å². The van der Waals surface area contributed by atoms with E-state index in [2.05, 4.69) is 16.8 Å². The van der Waals surface area contributed by atoms with Gasteiger partial charge in [-0.05, 0) is 12.5 Å². The van der Waals surface area contributed by atoms with E-state index in [1.807, 2.05) is 18.2 Å². The van der Waals surface area contributed by atoms with Crippen LogP contribution in [0.25, 0.3) is 0 Å². The average molecular weight is 264 g/mol. The van der Waals surface area contributed by atoms with E-state index < -0.39 is 0 Å². The van der Waals surface area contributed by atoms with Gasteiger partial charge in [0.1, 0.15) is 0 Å². The molecule has 0 saturated carbocycles. The Labute approximate surface area is 114 Å². The van der Waals surface area contributed by atoms with Gasteiger partial charge < -0.3 is 10.1 Å². The zero-order valence-corrected chi connectivity index (χ0v) is 11.4. The van der Waals surface area contributed by atoms with E-state index in [4.69, 9.17) is 4.74 Å². The van der Waals surface area contributed by atoms with Gasteiger partial charge in [-0.3, -0.25) is 4.90 Å². The maximum Gasteiger partial charge on any atom is 0.169 e. The SMILES string of the molecule is C=CC[C@@H](c1cccc(OC)c1F)N1CCNCC1. The van der Waals surface area contributed by atoms with Crippen molar-refractivity contribution in [3.05, 3.63) is 42.2 Å². The van der Waals surface area contributed by atoms with Crippen molar-refractivity contribution in [3.63, 3.8) is 0 Å². The standard InChI is InChI=1S/C15H21FN2O/c1-3-5-13(18-10-8-17-9-11-18)12-6-4-7-14(19-2)15(12)16/h3-4,6-7,13,17H,1,5,8-11H2,2H3/t13-/m0/s1. The van der Waals surface area contributed by atoms with Gasteiger partial charge in [0, 0.05) is 37.8 Å². The number of nitrogens with one attached hydrogen (secondary N) is 1. The number of hydrogen-bond acceptors (Lipinski definition) is 3. The summed E-state index contributed by atoms with van der Waals surface area (Å²) in [7, 11) is 1.50. The molecule has 104 valence electrons. The van der Waals surface area contributed by atoms with Gasteiger partial charge in [0.2, 0.25) is 0 Å². The first-order valence-corrected chi connectivity index (χ1v) is 6.66. The van der Waals surface area contributed by atoms with Gasteiger partial charge in [0.15, 0.2) is 11.6 Å². The molecule has 2 rings (SSSR count). The first-order valence-electron chi connectivity index (χ1n) is 6.66. The fourth-order valence-electron chi connectivity index (χ4n) is 2.57. The molecule has 4 heteroatoms. The Morgan fingerprint density at radius 1 is 1.47 bits per heavy atom. The molecule has 0 unspecified atom stereocenters. The Kier molecular flexibility index (Phi) is 4.93. The van der Waals surface area contributed by atoms with Crippen molar-refractivity contribution in [1.82, 2.24) is 10.2 Å². The molecular weight excluding hydrogens is 243 g/mol. The monoisotopic (exact) mass is 264 g/mol. The van der Waals surface area contributed by atoms with Crippen LogP contribution in [-0.2, 0) is 0 Å². The highest BCUT2D eigenvalue weighted by molar-refractivity contribution is 5.33. The fraction of sp³-hybridized carbons (Fsp3) is 0.467. The van der Waals surface area contributed by atoms with Crippen molar-refractivity contribution in [2.75, 3.05) is 33.3 Å². The van der Waals surface area contributed by atoms with E-state index in [1.165, 1.54) is 7.11 Å². The van der Waals surface area contributed by atoms with Gasteiger partial charge in [-0.25, -0.2) is 4.39 Å². The third kappa shape index (κ3) is 3.14. The lowest BCUT2D eigenvalue weighted by Gasteiger charge is -2.35. The van der Waals surface area contributed by atoms with Crippen LogP contribution in [0.5, 0.6) is 5.75 Å². The van der Waals surface area contributed by atoms with E-state index in [9.17, 15) is 4.39 Å². The molecule has 0 amide bonds. The number of nitrogens with zero attached hydrogens (tertiary/aromatic N) is 1. The highest BCUT2D eigenvalue weighted by Crippen LogP contribution is 2.31. The predicted molar refractivity (Wildman–Crippen MR) is 74.9 cm³/mol. The maximum absolute atomic E-state index is 14.4. The quantitative estimate of drug-likeness (QED) is 0.826. The highest BCUT2D eigenvalue weighted by atomic mass is 19.1. The summed E-state index contributed by atoms with van der Waals surface area (Å²) in [6, 6.07) is 5.38. The van der Waals surface area contributed by atoms with Crippen LogP contribution in [0.1, 0.15) is 18.0 Å². The molecule has 1 aromatic rings. The molecule has 0 spiro atoms. The Bertz CT molecular complexity index is 430. The van der Waals surface area contributed by atoms with Crippen LogP contribution in [0.4, 0.5) is 4.39 Å². The van der Waals surface area contributed by atoms with E-state index in [1.54, 1.807) is 6.07 Å². The minimum Gasteiger partial charge on any atom is -0.494 e. The van der Waals surface area contributed by atoms with Crippen molar-refractivity contribution in [2.24, 2.45) is 0 Å². The van der Waals surface area contributed by atoms with Gasteiger partial charge in [-0.2, -0.15) is 0 Å². The zero-order valence-electron chi connectivity index (χ0n) is 11.4. The molecule has 19 heavy (non-hydrogen) atoms. The predicted octanol–water partition coefficient (Wildman–Crippen LogP) is 2.36. The van der Waals surface area contributed by atoms with Gasteiger partial charge in [-0.15, -0.1) is 6.58 Å². The molecule has 1 heterocycles. The number of hydrogen-bond donors (Lipinski definition) is 1. The van der Waals surface area contributed by atoms with Crippen LogP contribution in [0, 0.1) is 5.82 Å². The van der Waals surface area contributed by atoms with Gasteiger partial charge in [0.25, 0.3) is 0 Å². The minimum absolute atomic E-state index is 0.0368. The summed E-state index contributed by atoms with van der Waals surface area (Å²) in [4.78, 5) is 2.30. The van der Waals surface area contributed by atoms with Crippen LogP contribution >= 0.6 is 0 Å². The van der Waals surface area contributed by atoms with Gasteiger partial charge >= 0.3 is 0 Å². The molecule has 0 radical (unpaired) electrons. The summed E-state index contributed by atoms with van der Waals surface area (Å²) in [5.41, 5.74) is 0.696. The third-order valence-corrected chi connectivity index (χ3v) is 3.55. The number of piperazine rings is 1. The second kappa shape index (κ2) is 6.68. The lowest BCUT2D eigenvalue weighted by atomic mass is 10.00. The summed E-state index contributed by atoms with van der Waals surface area (Å²) < 4.78 is 19.5. The smallest absolute Gasteiger partial charge is 0.169 e. The number of ether oxygens (including phenoxy) is 1. The van der Waals surface area contributed by atoms with Crippen molar-refractivity contribution in [2.45, 2.75) is 12.5 Å². The largest absolute Gasteiger partial charge is 0.494 e.